The smallest absolute Gasteiger partial charge is 0.257 e. The second kappa shape index (κ2) is 8.63. The summed E-state index contributed by atoms with van der Waals surface area (Å²) in [5, 5.41) is 8.03. The number of pyridine rings is 1. The third kappa shape index (κ3) is 4.82. The predicted octanol–water partition coefficient (Wildman–Crippen LogP) is 2.68. The monoisotopic (exact) mass is 378 g/mol. The second-order valence-electron chi connectivity index (χ2n) is 5.97. The Morgan fingerprint density at radius 2 is 1.75 bits per heavy atom. The number of hydrogen-bond donors (Lipinski definition) is 3. The first-order valence-corrected chi connectivity index (χ1v) is 8.48. The Labute approximate surface area is 161 Å². The molecule has 3 amide bonds. The largest absolute Gasteiger partial charge is 0.472 e. The maximum atomic E-state index is 12.3. The SMILES string of the molecule is C[C@@H](NC(=O)c1ccoc1)C(=O)Nc1cccc(NC(=O)c2cccnc2)c1. The lowest BCUT2D eigenvalue weighted by Crippen LogP contribution is -2.41. The predicted molar refractivity (Wildman–Crippen MR) is 103 cm³/mol. The van der Waals surface area contributed by atoms with E-state index in [1.807, 2.05) is 0 Å². The zero-order chi connectivity index (χ0) is 19.9. The Morgan fingerprint density at radius 3 is 2.43 bits per heavy atom. The standard InChI is InChI=1S/C20H18N4O4/c1-13(22-20(27)15-7-9-28-12-15)18(25)23-16-5-2-6-17(10-16)24-19(26)14-4-3-8-21-11-14/h2-13H,1H3,(H,22,27)(H,23,25)(H,24,26)/t13-/m1/s1. The molecule has 8 heteroatoms. The molecule has 0 aliphatic rings. The average Bonchev–Trinajstić information content (AvgIpc) is 3.24. The fourth-order valence-electron chi connectivity index (χ4n) is 2.36. The van der Waals surface area contributed by atoms with Crippen LogP contribution in [0.15, 0.2) is 71.8 Å². The molecule has 0 aliphatic carbocycles. The fourth-order valence-corrected chi connectivity index (χ4v) is 2.36. The summed E-state index contributed by atoms with van der Waals surface area (Å²) in [6.45, 7) is 1.57. The van der Waals surface area contributed by atoms with Gasteiger partial charge in [-0.1, -0.05) is 6.07 Å². The number of rotatable bonds is 6. The van der Waals surface area contributed by atoms with Gasteiger partial charge in [-0.25, -0.2) is 0 Å². The molecule has 2 heterocycles. The molecule has 0 fully saturated rings. The Bertz CT molecular complexity index is 971. The number of anilines is 2. The molecule has 8 nitrogen and oxygen atoms in total. The van der Waals surface area contributed by atoms with E-state index >= 15 is 0 Å². The minimum Gasteiger partial charge on any atom is -0.472 e. The zero-order valence-corrected chi connectivity index (χ0v) is 15.0. The van der Waals surface area contributed by atoms with Crippen LogP contribution in [-0.4, -0.2) is 28.7 Å². The van der Waals surface area contributed by atoms with Gasteiger partial charge in [0.15, 0.2) is 0 Å². The number of benzene rings is 1. The summed E-state index contributed by atoms with van der Waals surface area (Å²) in [6, 6.07) is 10.8. The molecule has 0 saturated heterocycles. The van der Waals surface area contributed by atoms with Crippen LogP contribution in [0.2, 0.25) is 0 Å². The van der Waals surface area contributed by atoms with Crippen LogP contribution < -0.4 is 16.0 Å². The lowest BCUT2D eigenvalue weighted by Gasteiger charge is -2.14. The van der Waals surface area contributed by atoms with Crippen molar-refractivity contribution in [3.8, 4) is 0 Å². The number of carbonyl (C=O) groups is 3. The Kier molecular flexibility index (Phi) is 5.81. The van der Waals surface area contributed by atoms with Crippen LogP contribution in [-0.2, 0) is 4.79 Å². The van der Waals surface area contributed by atoms with Crippen molar-refractivity contribution in [2.45, 2.75) is 13.0 Å². The normalized spacial score (nSPS) is 11.3. The van der Waals surface area contributed by atoms with Crippen LogP contribution in [0.25, 0.3) is 0 Å². The Hall–Kier alpha value is -3.94. The lowest BCUT2D eigenvalue weighted by atomic mass is 10.2. The summed E-state index contributed by atoms with van der Waals surface area (Å²) in [5.74, 6) is -1.11. The number of amides is 3. The molecule has 2 aromatic heterocycles. The first-order chi connectivity index (χ1) is 13.5. The third-order valence-corrected chi connectivity index (χ3v) is 3.84. The molecule has 0 bridgehead atoms. The van der Waals surface area contributed by atoms with Gasteiger partial charge in [0.1, 0.15) is 12.3 Å². The maximum absolute atomic E-state index is 12.3. The quantitative estimate of drug-likeness (QED) is 0.610. The first-order valence-electron chi connectivity index (χ1n) is 8.48. The molecule has 0 saturated carbocycles. The van der Waals surface area contributed by atoms with Crippen molar-refractivity contribution < 1.29 is 18.8 Å². The highest BCUT2D eigenvalue weighted by Gasteiger charge is 2.17. The van der Waals surface area contributed by atoms with Crippen molar-refractivity contribution in [2.24, 2.45) is 0 Å². The molecule has 0 radical (unpaired) electrons. The van der Waals surface area contributed by atoms with Crippen molar-refractivity contribution >= 4 is 29.1 Å². The van der Waals surface area contributed by atoms with Crippen molar-refractivity contribution in [3.63, 3.8) is 0 Å². The number of carbonyl (C=O) groups excluding carboxylic acids is 3. The molecule has 1 aromatic carbocycles. The van der Waals surface area contributed by atoms with E-state index in [9.17, 15) is 14.4 Å². The molecule has 0 spiro atoms. The summed E-state index contributed by atoms with van der Waals surface area (Å²) < 4.78 is 4.85. The van der Waals surface area contributed by atoms with Gasteiger partial charge < -0.3 is 20.4 Å². The maximum Gasteiger partial charge on any atom is 0.257 e. The molecular weight excluding hydrogens is 360 g/mol. The van der Waals surface area contributed by atoms with Gasteiger partial charge in [-0.05, 0) is 43.3 Å². The minimum absolute atomic E-state index is 0.308. The molecule has 28 heavy (non-hydrogen) atoms. The zero-order valence-electron chi connectivity index (χ0n) is 15.0. The topological polar surface area (TPSA) is 113 Å². The Morgan fingerprint density at radius 1 is 0.964 bits per heavy atom. The van der Waals surface area contributed by atoms with Crippen LogP contribution in [0.3, 0.4) is 0 Å². The van der Waals surface area contributed by atoms with E-state index in [-0.39, 0.29) is 5.91 Å². The van der Waals surface area contributed by atoms with Gasteiger partial charge >= 0.3 is 0 Å². The van der Waals surface area contributed by atoms with Crippen molar-refractivity contribution in [1.82, 2.24) is 10.3 Å². The molecule has 142 valence electrons. The number of nitrogens with zero attached hydrogens (tertiary/aromatic N) is 1. The first kappa shape index (κ1) is 18.8. The summed E-state index contributed by atoms with van der Waals surface area (Å²) in [6.07, 6.45) is 5.73. The van der Waals surface area contributed by atoms with Crippen LogP contribution >= 0.6 is 0 Å². The number of furan rings is 1. The summed E-state index contributed by atoms with van der Waals surface area (Å²) >= 11 is 0. The van der Waals surface area contributed by atoms with E-state index in [0.717, 1.165) is 0 Å². The van der Waals surface area contributed by atoms with E-state index in [0.29, 0.717) is 22.5 Å². The summed E-state index contributed by atoms with van der Waals surface area (Å²) in [7, 11) is 0. The third-order valence-electron chi connectivity index (χ3n) is 3.84. The van der Waals surface area contributed by atoms with E-state index < -0.39 is 17.9 Å². The molecule has 0 aliphatic heterocycles. The Balaban J connectivity index is 1.59. The van der Waals surface area contributed by atoms with Crippen molar-refractivity contribution in [1.29, 1.82) is 0 Å². The molecule has 3 N–H and O–H groups in total. The van der Waals surface area contributed by atoms with Gasteiger partial charge in [-0.15, -0.1) is 0 Å². The molecule has 1 atom stereocenters. The number of nitrogens with one attached hydrogen (secondary N) is 3. The molecule has 3 aromatic rings. The van der Waals surface area contributed by atoms with Gasteiger partial charge in [0.05, 0.1) is 17.4 Å². The van der Waals surface area contributed by atoms with Gasteiger partial charge in [0.2, 0.25) is 5.91 Å². The van der Waals surface area contributed by atoms with Crippen LogP contribution in [0.1, 0.15) is 27.6 Å². The van der Waals surface area contributed by atoms with E-state index in [4.69, 9.17) is 4.42 Å². The highest BCUT2D eigenvalue weighted by Crippen LogP contribution is 2.16. The number of hydrogen-bond acceptors (Lipinski definition) is 5. The molecule has 0 unspecified atom stereocenters. The fraction of sp³-hybridized carbons (Fsp3) is 0.100. The second-order valence-corrected chi connectivity index (χ2v) is 5.97. The number of aromatic nitrogens is 1. The van der Waals surface area contributed by atoms with Crippen molar-refractivity contribution in [3.05, 3.63) is 78.5 Å². The summed E-state index contributed by atoms with van der Waals surface area (Å²) in [4.78, 5) is 40.4. The highest BCUT2D eigenvalue weighted by molar-refractivity contribution is 6.05. The molecule has 3 rings (SSSR count). The van der Waals surface area contributed by atoms with E-state index in [1.165, 1.54) is 24.8 Å². The van der Waals surface area contributed by atoms with Gasteiger partial charge in [0.25, 0.3) is 11.8 Å². The van der Waals surface area contributed by atoms with Gasteiger partial charge in [0, 0.05) is 23.8 Å². The lowest BCUT2D eigenvalue weighted by molar-refractivity contribution is -0.117. The van der Waals surface area contributed by atoms with Crippen LogP contribution in [0.5, 0.6) is 0 Å². The average molecular weight is 378 g/mol. The van der Waals surface area contributed by atoms with Crippen LogP contribution in [0, 0.1) is 0 Å². The molecular formula is C20H18N4O4. The highest BCUT2D eigenvalue weighted by atomic mass is 16.3. The van der Waals surface area contributed by atoms with E-state index in [1.54, 1.807) is 49.5 Å². The van der Waals surface area contributed by atoms with Gasteiger partial charge in [-0.2, -0.15) is 0 Å². The van der Waals surface area contributed by atoms with Gasteiger partial charge in [-0.3, -0.25) is 19.4 Å². The van der Waals surface area contributed by atoms with E-state index in [2.05, 4.69) is 20.9 Å². The minimum atomic E-state index is -0.768. The summed E-state index contributed by atoms with van der Waals surface area (Å²) in [5.41, 5.74) is 1.76. The van der Waals surface area contributed by atoms with Crippen LogP contribution in [0.4, 0.5) is 11.4 Å². The van der Waals surface area contributed by atoms with Crippen molar-refractivity contribution in [2.75, 3.05) is 10.6 Å².